The number of nitrogens with one attached hydrogen (secondary N) is 3. The predicted molar refractivity (Wildman–Crippen MR) is 124 cm³/mol. The van der Waals surface area contributed by atoms with E-state index in [1.165, 1.54) is 12.1 Å². The van der Waals surface area contributed by atoms with E-state index in [1.807, 2.05) is 12.1 Å². The van der Waals surface area contributed by atoms with Crippen molar-refractivity contribution < 1.29 is 37.0 Å². The van der Waals surface area contributed by atoms with Gasteiger partial charge in [0, 0.05) is 29.4 Å². The van der Waals surface area contributed by atoms with Gasteiger partial charge in [0.2, 0.25) is 5.91 Å². The lowest BCUT2D eigenvalue weighted by Crippen LogP contribution is -2.34. The highest BCUT2D eigenvalue weighted by Gasteiger charge is 2.59. The molecule has 12 heteroatoms. The molecular formula is C25H19F3N4O5. The van der Waals surface area contributed by atoms with Crippen molar-refractivity contribution in [3.8, 4) is 23.0 Å². The van der Waals surface area contributed by atoms with Crippen LogP contribution in [0.5, 0.6) is 23.0 Å². The number of nitrogens with zero attached hydrogens (tertiary/aromatic N) is 1. The molecule has 1 aromatic heterocycles. The van der Waals surface area contributed by atoms with E-state index in [0.717, 1.165) is 23.3 Å². The normalized spacial score (nSPS) is 20.9. The zero-order valence-corrected chi connectivity index (χ0v) is 19.0. The van der Waals surface area contributed by atoms with Crippen LogP contribution in [-0.4, -0.2) is 35.4 Å². The minimum atomic E-state index is -4.79. The van der Waals surface area contributed by atoms with Crippen molar-refractivity contribution in [3.05, 3.63) is 65.9 Å². The largest absolute Gasteiger partial charge is 0.573 e. The van der Waals surface area contributed by atoms with E-state index >= 15 is 0 Å². The van der Waals surface area contributed by atoms with Gasteiger partial charge in [-0.2, -0.15) is 0 Å². The molecule has 3 atom stereocenters. The maximum atomic E-state index is 12.4. The van der Waals surface area contributed by atoms with Crippen molar-refractivity contribution in [1.82, 2.24) is 10.3 Å². The second-order valence-corrected chi connectivity index (χ2v) is 8.79. The molecule has 2 aliphatic heterocycles. The number of pyridine rings is 1. The number of hydrogen-bond donors (Lipinski definition) is 3. The summed E-state index contributed by atoms with van der Waals surface area (Å²) in [5, 5.41) is 8.17. The quantitative estimate of drug-likeness (QED) is 0.457. The van der Waals surface area contributed by atoms with E-state index in [1.54, 1.807) is 18.3 Å². The van der Waals surface area contributed by atoms with Gasteiger partial charge in [0.05, 0.1) is 12.0 Å². The van der Waals surface area contributed by atoms with Crippen molar-refractivity contribution in [1.29, 1.82) is 0 Å². The van der Waals surface area contributed by atoms with Crippen molar-refractivity contribution in [2.75, 3.05) is 10.6 Å². The summed E-state index contributed by atoms with van der Waals surface area (Å²) in [6.45, 7) is 0. The number of urea groups is 1. The number of carbonyl (C=O) groups excluding carboxylic acids is 2. The fourth-order valence-electron chi connectivity index (χ4n) is 4.61. The Hall–Kier alpha value is -4.48. The second-order valence-electron chi connectivity index (χ2n) is 8.79. The molecule has 3 aliphatic rings. The average Bonchev–Trinajstić information content (AvgIpc) is 3.35. The molecule has 0 bridgehead atoms. The first-order chi connectivity index (χ1) is 17.7. The van der Waals surface area contributed by atoms with Gasteiger partial charge in [0.1, 0.15) is 34.9 Å². The van der Waals surface area contributed by atoms with Crippen LogP contribution in [0.1, 0.15) is 23.5 Å². The van der Waals surface area contributed by atoms with Gasteiger partial charge in [0.15, 0.2) is 0 Å². The molecular weight excluding hydrogens is 493 g/mol. The topological polar surface area (TPSA) is 111 Å². The Morgan fingerprint density at radius 2 is 1.86 bits per heavy atom. The van der Waals surface area contributed by atoms with E-state index in [-0.39, 0.29) is 29.7 Å². The van der Waals surface area contributed by atoms with Gasteiger partial charge in [-0.3, -0.25) is 4.79 Å². The van der Waals surface area contributed by atoms with Crippen molar-refractivity contribution in [2.45, 2.75) is 37.3 Å². The molecule has 9 nitrogen and oxygen atoms in total. The van der Waals surface area contributed by atoms with Gasteiger partial charge in [-0.15, -0.1) is 13.2 Å². The minimum Gasteiger partial charge on any atom is -0.487 e. The fraction of sp³-hybridized carbons (Fsp3) is 0.240. The summed E-state index contributed by atoms with van der Waals surface area (Å²) < 4.78 is 52.8. The Morgan fingerprint density at radius 1 is 1.08 bits per heavy atom. The molecule has 6 rings (SSSR count). The van der Waals surface area contributed by atoms with Crippen molar-refractivity contribution >= 4 is 23.4 Å². The van der Waals surface area contributed by atoms with Crippen LogP contribution in [0.2, 0.25) is 0 Å². The number of benzene rings is 2. The molecule has 0 radical (unpaired) electrons. The maximum Gasteiger partial charge on any atom is 0.573 e. The number of halogens is 3. The Balaban J connectivity index is 1.09. The third-order valence-electron chi connectivity index (χ3n) is 6.30. The van der Waals surface area contributed by atoms with Crippen molar-refractivity contribution in [2.24, 2.45) is 0 Å². The highest BCUT2D eigenvalue weighted by atomic mass is 19.4. The number of rotatable bonds is 5. The Labute approximate surface area is 207 Å². The number of hydrogen-bond acceptors (Lipinski definition) is 6. The zero-order valence-electron chi connectivity index (χ0n) is 19.0. The van der Waals surface area contributed by atoms with E-state index in [9.17, 15) is 22.8 Å². The van der Waals surface area contributed by atoms with Crippen LogP contribution in [0, 0.1) is 0 Å². The smallest absolute Gasteiger partial charge is 0.487 e. The first-order valence-electron chi connectivity index (χ1n) is 11.4. The standard InChI is InChI=1S/C25H19F3N4O5/c26-25(27,28)37-13-3-1-12(2-4-13)30-24(34)32-21-20-16-11-14(5-7-17(16)36-22(20)21)35-18-9-10-29-23-15(18)6-8-19(33)31-23/h1-5,7,9-11,20-22H,6,8H2,(H,29,31,33)(H2,30,32,34)/t20-,21-,22?/m0/s1. The number of carbonyl (C=O) groups is 2. The molecule has 3 N–H and O–H groups in total. The van der Waals surface area contributed by atoms with E-state index in [0.29, 0.717) is 41.6 Å². The lowest BCUT2D eigenvalue weighted by atomic mass is 10.1. The molecule has 1 unspecified atom stereocenters. The summed E-state index contributed by atoms with van der Waals surface area (Å²) in [7, 11) is 0. The number of alkyl halides is 3. The molecule has 37 heavy (non-hydrogen) atoms. The lowest BCUT2D eigenvalue weighted by Gasteiger charge is -2.19. The van der Waals surface area contributed by atoms with Gasteiger partial charge in [0.25, 0.3) is 0 Å². The van der Waals surface area contributed by atoms with Crippen molar-refractivity contribution in [3.63, 3.8) is 0 Å². The zero-order chi connectivity index (χ0) is 25.7. The van der Waals surface area contributed by atoms with E-state index in [4.69, 9.17) is 9.47 Å². The monoisotopic (exact) mass is 512 g/mol. The molecule has 0 spiro atoms. The maximum absolute atomic E-state index is 12.4. The number of fused-ring (bicyclic) bond motifs is 4. The SMILES string of the molecule is O=C1CCc2c(Oc3ccc4c(c3)[C@@H]3C(O4)[C@H]3NC(=O)Nc3ccc(OC(F)(F)F)cc3)ccnc2N1. The number of ether oxygens (including phenoxy) is 3. The third kappa shape index (κ3) is 4.69. The summed E-state index contributed by atoms with van der Waals surface area (Å²) in [5.41, 5.74) is 2.04. The van der Waals surface area contributed by atoms with Crippen LogP contribution < -0.4 is 30.2 Å². The Bertz CT molecular complexity index is 1400. The van der Waals surface area contributed by atoms with Gasteiger partial charge >= 0.3 is 12.4 Å². The summed E-state index contributed by atoms with van der Waals surface area (Å²) in [4.78, 5) is 28.3. The third-order valence-corrected chi connectivity index (χ3v) is 6.30. The second kappa shape index (κ2) is 8.57. The number of aromatic nitrogens is 1. The van der Waals surface area contributed by atoms with Gasteiger partial charge in [-0.1, -0.05) is 0 Å². The van der Waals surface area contributed by atoms with Crippen LogP contribution in [0.3, 0.4) is 0 Å². The fourth-order valence-corrected chi connectivity index (χ4v) is 4.61. The molecule has 3 amide bonds. The first-order valence-corrected chi connectivity index (χ1v) is 11.4. The van der Waals surface area contributed by atoms with E-state index < -0.39 is 12.4 Å². The number of amides is 3. The van der Waals surface area contributed by atoms with Crippen LogP contribution in [0.4, 0.5) is 29.5 Å². The highest BCUT2D eigenvalue weighted by Crippen LogP contribution is 2.54. The van der Waals surface area contributed by atoms with Crippen LogP contribution in [0.15, 0.2) is 54.7 Å². The average molecular weight is 512 g/mol. The van der Waals surface area contributed by atoms with Crippen LogP contribution in [-0.2, 0) is 11.2 Å². The summed E-state index contributed by atoms with van der Waals surface area (Å²) >= 11 is 0. The highest BCUT2D eigenvalue weighted by molar-refractivity contribution is 5.93. The number of anilines is 2. The molecule has 3 heterocycles. The molecule has 1 saturated carbocycles. The summed E-state index contributed by atoms with van der Waals surface area (Å²) in [5.74, 6) is 1.89. The molecule has 3 aromatic rings. The summed E-state index contributed by atoms with van der Waals surface area (Å²) in [6, 6.07) is 11.3. The molecule has 1 aliphatic carbocycles. The lowest BCUT2D eigenvalue weighted by molar-refractivity contribution is -0.274. The van der Waals surface area contributed by atoms with Crippen LogP contribution >= 0.6 is 0 Å². The van der Waals surface area contributed by atoms with Gasteiger partial charge < -0.3 is 30.2 Å². The van der Waals surface area contributed by atoms with Crippen LogP contribution in [0.25, 0.3) is 0 Å². The summed E-state index contributed by atoms with van der Waals surface area (Å²) in [6.07, 6.45) is -2.54. The minimum absolute atomic E-state index is 0.0579. The molecule has 2 aromatic carbocycles. The molecule has 1 fully saturated rings. The molecule has 0 saturated heterocycles. The Kier molecular flexibility index (Phi) is 5.32. The first kappa shape index (κ1) is 23.0. The van der Waals surface area contributed by atoms with Gasteiger partial charge in [-0.05, 0) is 55.0 Å². The Morgan fingerprint density at radius 3 is 2.65 bits per heavy atom. The predicted octanol–water partition coefficient (Wildman–Crippen LogP) is 4.71. The molecule has 190 valence electrons. The van der Waals surface area contributed by atoms with Gasteiger partial charge in [-0.25, -0.2) is 9.78 Å². The van der Waals surface area contributed by atoms with E-state index in [2.05, 4.69) is 25.7 Å².